The molecule has 0 bridgehead atoms. The average molecular weight is 452 g/mol. The summed E-state index contributed by atoms with van der Waals surface area (Å²) in [5.74, 6) is 0.519. The minimum Gasteiger partial charge on any atom is -0.379 e. The van der Waals surface area contributed by atoms with Crippen molar-refractivity contribution < 1.29 is 13.2 Å². The molecule has 0 saturated carbocycles. The van der Waals surface area contributed by atoms with Crippen LogP contribution in [0.1, 0.15) is 5.56 Å². The summed E-state index contributed by atoms with van der Waals surface area (Å²) in [4.78, 5) is 15.5. The van der Waals surface area contributed by atoms with Gasteiger partial charge in [0.25, 0.3) is 0 Å². The number of primary sulfonamides is 1. The van der Waals surface area contributed by atoms with Crippen molar-refractivity contribution in [3.05, 3.63) is 41.4 Å². The Kier molecular flexibility index (Phi) is 6.16. The number of morpholine rings is 1. The summed E-state index contributed by atoms with van der Waals surface area (Å²) in [6, 6.07) is 6.31. The fraction of sp³-hybridized carbons (Fsp3) is 0.389. The maximum atomic E-state index is 11.4. The lowest BCUT2D eigenvalue weighted by atomic mass is 10.2. The Labute approximate surface area is 179 Å². The highest BCUT2D eigenvalue weighted by Crippen LogP contribution is 2.22. The minimum absolute atomic E-state index is 0.0673. The molecule has 3 N–H and O–H groups in total. The molecule has 0 atom stereocenters. The van der Waals surface area contributed by atoms with Gasteiger partial charge < -0.3 is 14.6 Å². The summed E-state index contributed by atoms with van der Waals surface area (Å²) in [6.45, 7) is 5.36. The Balaban J connectivity index is 1.48. The van der Waals surface area contributed by atoms with Gasteiger partial charge in [-0.15, -0.1) is 0 Å². The van der Waals surface area contributed by atoms with Crippen LogP contribution >= 0.6 is 11.6 Å². The Bertz CT molecular complexity index is 1130. The quantitative estimate of drug-likeness (QED) is 0.510. The van der Waals surface area contributed by atoms with Crippen molar-refractivity contribution >= 4 is 38.6 Å². The van der Waals surface area contributed by atoms with Gasteiger partial charge in [-0.05, 0) is 29.3 Å². The standard InChI is InChI=1S/C18H22ClN7O3S/c19-18-23-16(21-11-13-1-3-14(4-2-13)30(20,27)28)15-17(24-18)26(12-22-15)6-5-25-7-9-29-10-8-25/h1-4,12H,5-11H2,(H2,20,27,28)(H,21,23,24). The summed E-state index contributed by atoms with van der Waals surface area (Å²) in [5.41, 5.74) is 2.15. The van der Waals surface area contributed by atoms with Crippen molar-refractivity contribution in [1.82, 2.24) is 24.4 Å². The number of fused-ring (bicyclic) bond motifs is 1. The molecule has 0 spiro atoms. The monoisotopic (exact) mass is 451 g/mol. The van der Waals surface area contributed by atoms with Crippen LogP contribution in [0.2, 0.25) is 5.28 Å². The van der Waals surface area contributed by atoms with Gasteiger partial charge in [-0.25, -0.2) is 18.5 Å². The van der Waals surface area contributed by atoms with E-state index in [1.807, 2.05) is 4.57 Å². The fourth-order valence-corrected chi connectivity index (χ4v) is 3.94. The molecule has 3 aromatic rings. The lowest BCUT2D eigenvalue weighted by Gasteiger charge is -2.26. The molecule has 3 heterocycles. The van der Waals surface area contributed by atoms with E-state index >= 15 is 0 Å². The van der Waals surface area contributed by atoms with Crippen LogP contribution in [0.25, 0.3) is 11.2 Å². The molecular weight excluding hydrogens is 430 g/mol. The van der Waals surface area contributed by atoms with Gasteiger partial charge in [0, 0.05) is 32.7 Å². The Morgan fingerprint density at radius 3 is 2.57 bits per heavy atom. The molecule has 4 rings (SSSR count). The second-order valence-corrected chi connectivity index (χ2v) is 8.85. The molecule has 12 heteroatoms. The van der Waals surface area contributed by atoms with Crippen LogP contribution in [0.15, 0.2) is 35.5 Å². The van der Waals surface area contributed by atoms with Crippen LogP contribution < -0.4 is 10.5 Å². The lowest BCUT2D eigenvalue weighted by molar-refractivity contribution is 0.0365. The first-order chi connectivity index (χ1) is 14.4. The number of ether oxygens (including phenoxy) is 1. The molecule has 1 aliphatic rings. The number of benzene rings is 1. The van der Waals surface area contributed by atoms with Crippen LogP contribution in [0, 0.1) is 0 Å². The molecule has 1 fully saturated rings. The average Bonchev–Trinajstić information content (AvgIpc) is 3.13. The van der Waals surface area contributed by atoms with Crippen molar-refractivity contribution in [1.29, 1.82) is 0 Å². The summed E-state index contributed by atoms with van der Waals surface area (Å²) in [7, 11) is -3.71. The van der Waals surface area contributed by atoms with Crippen molar-refractivity contribution in [3.8, 4) is 0 Å². The zero-order valence-electron chi connectivity index (χ0n) is 16.2. The molecule has 1 aromatic carbocycles. The van der Waals surface area contributed by atoms with E-state index in [1.165, 1.54) is 12.1 Å². The molecule has 2 aromatic heterocycles. The molecule has 0 aliphatic carbocycles. The van der Waals surface area contributed by atoms with E-state index in [-0.39, 0.29) is 10.2 Å². The number of sulfonamides is 1. The van der Waals surface area contributed by atoms with E-state index in [0.717, 1.165) is 45.0 Å². The SMILES string of the molecule is NS(=O)(=O)c1ccc(CNc2nc(Cl)nc3c2ncn3CCN2CCOCC2)cc1. The number of aromatic nitrogens is 4. The van der Waals surface area contributed by atoms with Gasteiger partial charge in [0.1, 0.15) is 0 Å². The number of imidazole rings is 1. The summed E-state index contributed by atoms with van der Waals surface area (Å²) in [6.07, 6.45) is 1.74. The molecule has 0 radical (unpaired) electrons. The number of hydrogen-bond donors (Lipinski definition) is 2. The molecule has 30 heavy (non-hydrogen) atoms. The maximum Gasteiger partial charge on any atom is 0.238 e. The van der Waals surface area contributed by atoms with E-state index in [4.69, 9.17) is 21.5 Å². The topological polar surface area (TPSA) is 128 Å². The number of anilines is 1. The molecule has 0 unspecified atom stereocenters. The van der Waals surface area contributed by atoms with Gasteiger partial charge in [0.15, 0.2) is 17.0 Å². The minimum atomic E-state index is -3.71. The zero-order valence-corrected chi connectivity index (χ0v) is 17.7. The summed E-state index contributed by atoms with van der Waals surface area (Å²) < 4.78 is 30.1. The summed E-state index contributed by atoms with van der Waals surface area (Å²) >= 11 is 6.14. The van der Waals surface area contributed by atoms with Crippen LogP contribution in [-0.4, -0.2) is 65.7 Å². The number of rotatable bonds is 7. The van der Waals surface area contributed by atoms with E-state index in [2.05, 4.69) is 25.2 Å². The van der Waals surface area contributed by atoms with Gasteiger partial charge in [-0.2, -0.15) is 9.97 Å². The normalized spacial score (nSPS) is 15.5. The van der Waals surface area contributed by atoms with Crippen molar-refractivity contribution in [3.63, 3.8) is 0 Å². The third-order valence-corrected chi connectivity index (χ3v) is 6.01. The smallest absolute Gasteiger partial charge is 0.238 e. The van der Waals surface area contributed by atoms with Crippen molar-refractivity contribution in [2.24, 2.45) is 5.14 Å². The highest BCUT2D eigenvalue weighted by atomic mass is 35.5. The first kappa shape index (κ1) is 20.9. The molecule has 10 nitrogen and oxygen atoms in total. The first-order valence-electron chi connectivity index (χ1n) is 9.44. The van der Waals surface area contributed by atoms with Crippen molar-refractivity contribution in [2.75, 3.05) is 38.2 Å². The Morgan fingerprint density at radius 1 is 1.13 bits per heavy atom. The molecule has 1 saturated heterocycles. The summed E-state index contributed by atoms with van der Waals surface area (Å²) in [5, 5.41) is 8.46. The van der Waals surface area contributed by atoms with Gasteiger partial charge in [-0.3, -0.25) is 4.90 Å². The van der Waals surface area contributed by atoms with Crippen LogP contribution in [-0.2, 0) is 27.8 Å². The largest absolute Gasteiger partial charge is 0.379 e. The second-order valence-electron chi connectivity index (χ2n) is 6.95. The van der Waals surface area contributed by atoms with E-state index < -0.39 is 10.0 Å². The van der Waals surface area contributed by atoms with Gasteiger partial charge in [0.05, 0.1) is 24.4 Å². The van der Waals surface area contributed by atoms with E-state index in [0.29, 0.717) is 23.5 Å². The van der Waals surface area contributed by atoms with Gasteiger partial charge in [0.2, 0.25) is 15.3 Å². The molecular formula is C18H22ClN7O3S. The Hall–Kier alpha value is -2.31. The van der Waals surface area contributed by atoms with Gasteiger partial charge >= 0.3 is 0 Å². The fourth-order valence-electron chi connectivity index (χ4n) is 3.26. The highest BCUT2D eigenvalue weighted by molar-refractivity contribution is 7.89. The first-order valence-corrected chi connectivity index (χ1v) is 11.4. The maximum absolute atomic E-state index is 11.4. The van der Waals surface area contributed by atoms with E-state index in [9.17, 15) is 8.42 Å². The third-order valence-electron chi connectivity index (χ3n) is 4.91. The Morgan fingerprint density at radius 2 is 1.87 bits per heavy atom. The van der Waals surface area contributed by atoms with Crippen molar-refractivity contribution in [2.45, 2.75) is 18.0 Å². The van der Waals surface area contributed by atoms with Crippen LogP contribution in [0.4, 0.5) is 5.82 Å². The van der Waals surface area contributed by atoms with Crippen LogP contribution in [0.3, 0.4) is 0 Å². The number of halogens is 1. The predicted molar refractivity (Wildman–Crippen MR) is 113 cm³/mol. The van der Waals surface area contributed by atoms with Gasteiger partial charge in [-0.1, -0.05) is 12.1 Å². The second kappa shape index (κ2) is 8.82. The number of nitrogens with zero attached hydrogens (tertiary/aromatic N) is 5. The number of nitrogens with two attached hydrogens (primary N) is 1. The number of nitrogens with one attached hydrogen (secondary N) is 1. The predicted octanol–water partition coefficient (Wildman–Crippen LogP) is 1.07. The number of hydrogen-bond acceptors (Lipinski definition) is 8. The molecule has 160 valence electrons. The molecule has 1 aliphatic heterocycles. The highest BCUT2D eigenvalue weighted by Gasteiger charge is 2.15. The molecule has 0 amide bonds. The van der Waals surface area contributed by atoms with Crippen LogP contribution in [0.5, 0.6) is 0 Å². The third kappa shape index (κ3) is 4.87. The van der Waals surface area contributed by atoms with E-state index in [1.54, 1.807) is 18.5 Å². The zero-order chi connectivity index (χ0) is 21.1. The lowest BCUT2D eigenvalue weighted by Crippen LogP contribution is -2.38.